The summed E-state index contributed by atoms with van der Waals surface area (Å²) in [6.07, 6.45) is 2.92. The topological polar surface area (TPSA) is 61.0 Å². The van der Waals surface area contributed by atoms with E-state index in [1.165, 1.54) is 5.56 Å². The molecular weight excluding hydrogens is 322 g/mol. The third-order valence-electron chi connectivity index (χ3n) is 3.09. The van der Waals surface area contributed by atoms with Gasteiger partial charge in [-0.1, -0.05) is 53.9 Å². The maximum absolute atomic E-state index is 6.31. The van der Waals surface area contributed by atoms with Crippen molar-refractivity contribution in [3.63, 3.8) is 0 Å². The molecule has 0 amide bonds. The molecule has 0 fully saturated rings. The van der Waals surface area contributed by atoms with E-state index in [0.717, 1.165) is 20.8 Å². The van der Waals surface area contributed by atoms with Crippen molar-refractivity contribution in [3.05, 3.63) is 29.8 Å². The molecule has 0 aliphatic carbocycles. The second kappa shape index (κ2) is 8.03. The van der Waals surface area contributed by atoms with Gasteiger partial charge in [-0.3, -0.25) is 0 Å². The number of nitrogens with zero attached hydrogens (tertiary/aromatic N) is 2. The molecule has 2 atom stereocenters. The fraction of sp³-hybridized carbons (Fsp3) is 0.429. The van der Waals surface area contributed by atoms with Crippen molar-refractivity contribution in [1.82, 2.24) is 10.2 Å². The molecule has 0 saturated heterocycles. The largest absolute Gasteiger partial charge is 0.497 e. The van der Waals surface area contributed by atoms with Gasteiger partial charge in [0.2, 0.25) is 0 Å². The lowest BCUT2D eigenvalue weighted by atomic mass is 10.0. The second-order valence-corrected chi connectivity index (χ2v) is 7.84. The smallest absolute Gasteiger partial charge is 0.175 e. The molecule has 2 N–H and O–H groups in total. The highest BCUT2D eigenvalue weighted by molar-refractivity contribution is 8.03. The summed E-state index contributed by atoms with van der Waals surface area (Å²) in [6, 6.07) is 8.16. The molecule has 2 aromatic rings. The van der Waals surface area contributed by atoms with Crippen molar-refractivity contribution in [2.24, 2.45) is 5.73 Å². The van der Waals surface area contributed by atoms with Gasteiger partial charge in [-0.2, -0.15) is 0 Å². The van der Waals surface area contributed by atoms with Crippen LogP contribution in [-0.4, -0.2) is 29.6 Å². The van der Waals surface area contributed by atoms with Gasteiger partial charge in [0.15, 0.2) is 8.68 Å². The highest BCUT2D eigenvalue weighted by Gasteiger charge is 2.22. The van der Waals surface area contributed by atoms with E-state index in [4.69, 9.17) is 10.5 Å². The van der Waals surface area contributed by atoms with Crippen LogP contribution in [0.25, 0.3) is 0 Å². The average Bonchev–Trinajstić information content (AvgIpc) is 3.00. The fourth-order valence-electron chi connectivity index (χ4n) is 1.85. The summed E-state index contributed by atoms with van der Waals surface area (Å²) in [5.74, 6) is 0.855. The third-order valence-corrected chi connectivity index (χ3v) is 6.49. The molecule has 0 spiro atoms. The van der Waals surface area contributed by atoms with Gasteiger partial charge in [-0.25, -0.2) is 0 Å². The van der Waals surface area contributed by atoms with Crippen LogP contribution in [0, 0.1) is 0 Å². The van der Waals surface area contributed by atoms with Crippen LogP contribution in [-0.2, 0) is 0 Å². The molecule has 0 aliphatic rings. The summed E-state index contributed by atoms with van der Waals surface area (Å²) in [6.45, 7) is 2.11. The maximum atomic E-state index is 6.31. The van der Waals surface area contributed by atoms with E-state index in [9.17, 15) is 0 Å². The Bertz CT molecular complexity index is 559. The lowest BCUT2D eigenvalue weighted by molar-refractivity contribution is 0.414. The Kier molecular flexibility index (Phi) is 6.35. The summed E-state index contributed by atoms with van der Waals surface area (Å²) >= 11 is 4.92. The van der Waals surface area contributed by atoms with E-state index in [-0.39, 0.29) is 11.3 Å². The zero-order valence-corrected chi connectivity index (χ0v) is 14.7. The van der Waals surface area contributed by atoms with Crippen molar-refractivity contribution in [2.45, 2.75) is 33.3 Å². The van der Waals surface area contributed by atoms with Crippen LogP contribution >= 0.6 is 34.9 Å². The Morgan fingerprint density at radius 2 is 1.90 bits per heavy atom. The zero-order chi connectivity index (χ0) is 15.2. The Hall–Kier alpha value is -0.760. The molecule has 4 nitrogen and oxygen atoms in total. The molecule has 0 aliphatic heterocycles. The predicted octanol–water partition coefficient (Wildman–Crippen LogP) is 3.84. The van der Waals surface area contributed by atoms with Crippen molar-refractivity contribution >= 4 is 34.9 Å². The number of ether oxygens (including phenoxy) is 1. The first-order valence-electron chi connectivity index (χ1n) is 6.61. The third kappa shape index (κ3) is 4.35. The monoisotopic (exact) mass is 341 g/mol. The van der Waals surface area contributed by atoms with Gasteiger partial charge in [0.25, 0.3) is 0 Å². The van der Waals surface area contributed by atoms with Crippen molar-refractivity contribution in [1.29, 1.82) is 0 Å². The quantitative estimate of drug-likeness (QED) is 0.772. The summed E-state index contributed by atoms with van der Waals surface area (Å²) in [7, 11) is 1.67. The maximum Gasteiger partial charge on any atom is 0.175 e. The van der Waals surface area contributed by atoms with Crippen LogP contribution in [0.2, 0.25) is 0 Å². The standard InChI is InChI=1S/C14H19N3OS3/c1-4-11(15)12(9-5-7-10(18-2)8-6-9)20-14-17-16-13(19-3)21-14/h5-8,11-12H,4,15H2,1-3H3. The lowest BCUT2D eigenvalue weighted by Crippen LogP contribution is -2.25. The first-order chi connectivity index (χ1) is 10.2. The minimum absolute atomic E-state index is 0.0741. The number of methoxy groups -OCH3 is 1. The molecule has 0 saturated carbocycles. The predicted molar refractivity (Wildman–Crippen MR) is 91.5 cm³/mol. The normalized spacial score (nSPS) is 13.9. The number of aromatic nitrogens is 2. The van der Waals surface area contributed by atoms with Gasteiger partial charge in [-0.05, 0) is 30.4 Å². The minimum Gasteiger partial charge on any atom is -0.497 e. The van der Waals surface area contributed by atoms with Gasteiger partial charge in [0, 0.05) is 6.04 Å². The molecule has 0 radical (unpaired) electrons. The van der Waals surface area contributed by atoms with E-state index >= 15 is 0 Å². The van der Waals surface area contributed by atoms with Gasteiger partial charge >= 0.3 is 0 Å². The number of thioether (sulfide) groups is 2. The molecule has 1 heterocycles. The van der Waals surface area contributed by atoms with Gasteiger partial charge in [-0.15, -0.1) is 10.2 Å². The van der Waals surface area contributed by atoms with Gasteiger partial charge < -0.3 is 10.5 Å². The number of hydrogen-bond donors (Lipinski definition) is 1. The van der Waals surface area contributed by atoms with Crippen LogP contribution in [0.15, 0.2) is 32.9 Å². The molecule has 0 bridgehead atoms. The van der Waals surface area contributed by atoms with Crippen LogP contribution in [0.5, 0.6) is 5.75 Å². The van der Waals surface area contributed by atoms with Crippen LogP contribution in [0.4, 0.5) is 0 Å². The number of benzene rings is 1. The van der Waals surface area contributed by atoms with E-state index < -0.39 is 0 Å². The second-order valence-electron chi connectivity index (χ2n) is 4.42. The van der Waals surface area contributed by atoms with Crippen molar-refractivity contribution in [2.75, 3.05) is 13.4 Å². The molecular formula is C14H19N3OS3. The Morgan fingerprint density at radius 1 is 1.24 bits per heavy atom. The van der Waals surface area contributed by atoms with Crippen LogP contribution in [0.3, 0.4) is 0 Å². The molecule has 1 aromatic carbocycles. The average molecular weight is 342 g/mol. The SMILES string of the molecule is CCC(N)C(Sc1nnc(SC)s1)c1ccc(OC)cc1. The van der Waals surface area contributed by atoms with E-state index in [2.05, 4.69) is 29.3 Å². The van der Waals surface area contributed by atoms with Gasteiger partial charge in [0.05, 0.1) is 12.4 Å². The summed E-state index contributed by atoms with van der Waals surface area (Å²) in [5, 5.41) is 8.55. The summed E-state index contributed by atoms with van der Waals surface area (Å²) in [5.41, 5.74) is 7.50. The van der Waals surface area contributed by atoms with Crippen molar-refractivity contribution in [3.8, 4) is 5.75 Å². The molecule has 2 rings (SSSR count). The number of rotatable bonds is 7. The van der Waals surface area contributed by atoms with E-state index in [1.54, 1.807) is 42.0 Å². The molecule has 114 valence electrons. The molecule has 1 aromatic heterocycles. The molecule has 7 heteroatoms. The Morgan fingerprint density at radius 3 is 2.43 bits per heavy atom. The zero-order valence-electron chi connectivity index (χ0n) is 12.3. The first kappa shape index (κ1) is 16.6. The molecule has 2 unspecified atom stereocenters. The van der Waals surface area contributed by atoms with Crippen LogP contribution in [0.1, 0.15) is 24.2 Å². The molecule has 21 heavy (non-hydrogen) atoms. The number of nitrogens with two attached hydrogens (primary N) is 1. The Balaban J connectivity index is 2.20. The fourth-order valence-corrected chi connectivity index (χ4v) is 4.72. The lowest BCUT2D eigenvalue weighted by Gasteiger charge is -2.21. The highest BCUT2D eigenvalue weighted by atomic mass is 32.2. The summed E-state index contributed by atoms with van der Waals surface area (Å²) in [4.78, 5) is 0. The highest BCUT2D eigenvalue weighted by Crippen LogP contribution is 2.40. The number of hydrogen-bond acceptors (Lipinski definition) is 7. The summed E-state index contributed by atoms with van der Waals surface area (Å²) < 4.78 is 7.16. The van der Waals surface area contributed by atoms with E-state index in [0.29, 0.717) is 0 Å². The van der Waals surface area contributed by atoms with Crippen LogP contribution < -0.4 is 10.5 Å². The van der Waals surface area contributed by atoms with E-state index in [1.807, 2.05) is 18.4 Å². The van der Waals surface area contributed by atoms with Crippen molar-refractivity contribution < 1.29 is 4.74 Å². The first-order valence-corrected chi connectivity index (χ1v) is 9.53. The van der Waals surface area contributed by atoms with Gasteiger partial charge in [0.1, 0.15) is 5.75 Å². The minimum atomic E-state index is 0.0741. The Labute approximate surface area is 137 Å².